The molecule has 0 radical (unpaired) electrons. The Morgan fingerprint density at radius 3 is 2.56 bits per heavy atom. The van der Waals surface area contributed by atoms with Crippen LogP contribution < -0.4 is 11.1 Å². The van der Waals surface area contributed by atoms with Gasteiger partial charge in [-0.25, -0.2) is 0 Å². The number of hydrogen-bond acceptors (Lipinski definition) is 3. The van der Waals surface area contributed by atoms with Crippen LogP contribution in [0, 0.1) is 12.8 Å². The average molecular weight is 252 g/mol. The highest BCUT2D eigenvalue weighted by atomic mass is 16.2. The number of aryl methyl sites for hydroxylation is 2. The molecule has 0 bridgehead atoms. The summed E-state index contributed by atoms with van der Waals surface area (Å²) in [4.78, 5) is 12.2. The third-order valence-electron chi connectivity index (χ3n) is 3.54. The molecule has 1 heterocycles. The van der Waals surface area contributed by atoms with E-state index in [0.29, 0.717) is 29.5 Å². The lowest BCUT2D eigenvalue weighted by atomic mass is 10.0. The number of nitrogens with two attached hydrogens (primary N) is 1. The molecule has 3 N–H and O–H groups in total. The molecule has 0 saturated heterocycles. The summed E-state index contributed by atoms with van der Waals surface area (Å²) in [5.74, 6) is 0.303. The second-order valence-corrected chi connectivity index (χ2v) is 4.81. The average Bonchev–Trinajstić information content (AvgIpc) is 2.63. The first kappa shape index (κ1) is 14.5. The zero-order chi connectivity index (χ0) is 13.9. The molecule has 0 aromatic carbocycles. The third kappa shape index (κ3) is 2.83. The molecule has 18 heavy (non-hydrogen) atoms. The Bertz CT molecular complexity index is 425. The van der Waals surface area contributed by atoms with Gasteiger partial charge in [0.1, 0.15) is 5.69 Å². The summed E-state index contributed by atoms with van der Waals surface area (Å²) in [6.45, 7) is 10.6. The first-order chi connectivity index (χ1) is 8.42. The number of aromatic nitrogens is 2. The summed E-state index contributed by atoms with van der Waals surface area (Å²) in [6.07, 6.45) is 1.03. The Hall–Kier alpha value is -1.52. The van der Waals surface area contributed by atoms with Crippen molar-refractivity contribution in [3.63, 3.8) is 0 Å². The van der Waals surface area contributed by atoms with E-state index in [9.17, 15) is 4.79 Å². The van der Waals surface area contributed by atoms with Gasteiger partial charge in [0.15, 0.2) is 0 Å². The van der Waals surface area contributed by atoms with E-state index in [1.807, 2.05) is 20.8 Å². The Kier molecular flexibility index (Phi) is 4.76. The first-order valence-corrected chi connectivity index (χ1v) is 6.56. The maximum Gasteiger partial charge on any atom is 0.271 e. The zero-order valence-corrected chi connectivity index (χ0v) is 11.9. The number of carbonyl (C=O) groups excluding carboxylic acids is 1. The van der Waals surface area contributed by atoms with Crippen molar-refractivity contribution in [1.29, 1.82) is 0 Å². The van der Waals surface area contributed by atoms with Gasteiger partial charge in [-0.2, -0.15) is 5.10 Å². The predicted octanol–water partition coefficient (Wildman–Crippen LogP) is 1.96. The number of nitrogen functional groups attached to an aromatic ring is 1. The minimum atomic E-state index is -0.136. The van der Waals surface area contributed by atoms with Gasteiger partial charge in [0, 0.05) is 12.6 Å². The normalized spacial score (nSPS) is 14.3. The minimum absolute atomic E-state index is 0.127. The highest BCUT2D eigenvalue weighted by Crippen LogP contribution is 2.17. The van der Waals surface area contributed by atoms with Crippen LogP contribution in [0.25, 0.3) is 0 Å². The molecule has 0 fully saturated rings. The molecule has 0 aliphatic rings. The summed E-state index contributed by atoms with van der Waals surface area (Å²) in [6, 6.07) is 0.127. The van der Waals surface area contributed by atoms with E-state index in [-0.39, 0.29) is 11.9 Å². The number of anilines is 1. The van der Waals surface area contributed by atoms with Crippen molar-refractivity contribution >= 4 is 11.6 Å². The Labute approximate surface area is 109 Å². The molecule has 0 saturated carbocycles. The van der Waals surface area contributed by atoms with Gasteiger partial charge in [-0.15, -0.1) is 0 Å². The van der Waals surface area contributed by atoms with Crippen molar-refractivity contribution in [3.05, 3.63) is 11.4 Å². The van der Waals surface area contributed by atoms with Gasteiger partial charge < -0.3 is 11.1 Å². The SMILES string of the molecule is CCC(C)C(C)NC(=O)c1c(N)c(C)nn1CC. The van der Waals surface area contributed by atoms with Crippen LogP contribution in [0.2, 0.25) is 0 Å². The molecule has 1 aromatic heterocycles. The van der Waals surface area contributed by atoms with Crippen molar-refractivity contribution in [3.8, 4) is 0 Å². The van der Waals surface area contributed by atoms with Crippen LogP contribution >= 0.6 is 0 Å². The van der Waals surface area contributed by atoms with Crippen LogP contribution in [0.15, 0.2) is 0 Å². The topological polar surface area (TPSA) is 72.9 Å². The van der Waals surface area contributed by atoms with E-state index in [1.54, 1.807) is 4.68 Å². The molecular weight excluding hydrogens is 228 g/mol. The molecular formula is C13H24N4O. The van der Waals surface area contributed by atoms with Gasteiger partial charge in [0.2, 0.25) is 0 Å². The molecule has 1 rings (SSSR count). The van der Waals surface area contributed by atoms with E-state index >= 15 is 0 Å². The monoisotopic (exact) mass is 252 g/mol. The number of nitrogens with one attached hydrogen (secondary N) is 1. The van der Waals surface area contributed by atoms with Crippen LogP contribution in [0.5, 0.6) is 0 Å². The second kappa shape index (κ2) is 5.89. The summed E-state index contributed by atoms with van der Waals surface area (Å²) >= 11 is 0. The minimum Gasteiger partial charge on any atom is -0.395 e. The third-order valence-corrected chi connectivity index (χ3v) is 3.54. The summed E-state index contributed by atoms with van der Waals surface area (Å²) in [5, 5.41) is 7.25. The van der Waals surface area contributed by atoms with E-state index in [0.717, 1.165) is 6.42 Å². The van der Waals surface area contributed by atoms with E-state index < -0.39 is 0 Å². The number of rotatable bonds is 5. The highest BCUT2D eigenvalue weighted by Gasteiger charge is 2.21. The lowest BCUT2D eigenvalue weighted by Gasteiger charge is -2.20. The van der Waals surface area contributed by atoms with Gasteiger partial charge in [0.25, 0.3) is 5.91 Å². The Balaban J connectivity index is 2.91. The van der Waals surface area contributed by atoms with Crippen molar-refractivity contribution in [2.24, 2.45) is 5.92 Å². The summed E-state index contributed by atoms with van der Waals surface area (Å²) in [7, 11) is 0. The molecule has 5 nitrogen and oxygen atoms in total. The smallest absolute Gasteiger partial charge is 0.271 e. The van der Waals surface area contributed by atoms with Crippen LogP contribution in [0.1, 0.15) is 50.3 Å². The van der Waals surface area contributed by atoms with Crippen LogP contribution in [0.4, 0.5) is 5.69 Å². The van der Waals surface area contributed by atoms with E-state index in [1.165, 1.54) is 0 Å². The quantitative estimate of drug-likeness (QED) is 0.841. The summed E-state index contributed by atoms with van der Waals surface area (Å²) < 4.78 is 1.66. The van der Waals surface area contributed by atoms with Gasteiger partial charge in [-0.3, -0.25) is 9.48 Å². The van der Waals surface area contributed by atoms with Gasteiger partial charge >= 0.3 is 0 Å². The highest BCUT2D eigenvalue weighted by molar-refractivity contribution is 5.98. The van der Waals surface area contributed by atoms with Gasteiger partial charge in [0.05, 0.1) is 11.4 Å². The molecule has 2 atom stereocenters. The number of nitrogens with zero attached hydrogens (tertiary/aromatic N) is 2. The van der Waals surface area contributed by atoms with Crippen molar-refractivity contribution in [2.45, 2.75) is 53.6 Å². The maximum atomic E-state index is 12.2. The van der Waals surface area contributed by atoms with Crippen LogP contribution in [-0.4, -0.2) is 21.7 Å². The largest absolute Gasteiger partial charge is 0.395 e. The molecule has 2 unspecified atom stereocenters. The fourth-order valence-corrected chi connectivity index (χ4v) is 1.83. The standard InChI is InChI=1S/C13H24N4O/c1-6-8(3)9(4)15-13(18)12-11(14)10(5)16-17(12)7-2/h8-9H,6-7,14H2,1-5H3,(H,15,18). The fraction of sp³-hybridized carbons (Fsp3) is 0.692. The molecule has 1 aromatic rings. The molecule has 0 aliphatic heterocycles. The molecule has 0 aliphatic carbocycles. The second-order valence-electron chi connectivity index (χ2n) is 4.81. The van der Waals surface area contributed by atoms with E-state index in [4.69, 9.17) is 5.73 Å². The Morgan fingerprint density at radius 1 is 1.44 bits per heavy atom. The van der Waals surface area contributed by atoms with Crippen LogP contribution in [-0.2, 0) is 6.54 Å². The summed E-state index contributed by atoms with van der Waals surface area (Å²) in [5.41, 5.74) is 7.58. The first-order valence-electron chi connectivity index (χ1n) is 6.56. The molecule has 5 heteroatoms. The van der Waals surface area contributed by atoms with Crippen molar-refractivity contribution < 1.29 is 4.79 Å². The predicted molar refractivity (Wildman–Crippen MR) is 73.4 cm³/mol. The lowest BCUT2D eigenvalue weighted by molar-refractivity contribution is 0.0918. The van der Waals surface area contributed by atoms with Crippen LogP contribution in [0.3, 0.4) is 0 Å². The van der Waals surface area contributed by atoms with Crippen molar-refractivity contribution in [1.82, 2.24) is 15.1 Å². The fourth-order valence-electron chi connectivity index (χ4n) is 1.83. The Morgan fingerprint density at radius 2 is 2.06 bits per heavy atom. The van der Waals surface area contributed by atoms with Gasteiger partial charge in [-0.05, 0) is 26.7 Å². The molecule has 102 valence electrons. The zero-order valence-electron chi connectivity index (χ0n) is 11.9. The lowest BCUT2D eigenvalue weighted by Crippen LogP contribution is -2.38. The number of carbonyl (C=O) groups is 1. The number of hydrogen-bond donors (Lipinski definition) is 2. The van der Waals surface area contributed by atoms with Gasteiger partial charge in [-0.1, -0.05) is 20.3 Å². The molecule has 1 amide bonds. The van der Waals surface area contributed by atoms with Crippen molar-refractivity contribution in [2.75, 3.05) is 5.73 Å². The van der Waals surface area contributed by atoms with E-state index in [2.05, 4.69) is 24.3 Å². The molecule has 0 spiro atoms. The number of amides is 1. The maximum absolute atomic E-state index is 12.2.